The van der Waals surface area contributed by atoms with E-state index < -0.39 is 0 Å². The van der Waals surface area contributed by atoms with Crippen molar-refractivity contribution in [2.75, 3.05) is 19.7 Å². The molecule has 2 heterocycles. The summed E-state index contributed by atoms with van der Waals surface area (Å²) in [7, 11) is 0. The van der Waals surface area contributed by atoms with Gasteiger partial charge in [0.1, 0.15) is 0 Å². The number of nitrogens with zero attached hydrogens (tertiary/aromatic N) is 2. The molecule has 94 valence electrons. The topological polar surface area (TPSA) is 36.4 Å². The van der Waals surface area contributed by atoms with Crippen molar-refractivity contribution in [2.24, 2.45) is 5.92 Å². The minimum Gasteiger partial charge on any atom is -0.396 e. The lowest BCUT2D eigenvalue weighted by Gasteiger charge is -2.37. The molecule has 0 aromatic carbocycles. The third-order valence-corrected chi connectivity index (χ3v) is 3.80. The van der Waals surface area contributed by atoms with Gasteiger partial charge in [-0.05, 0) is 49.8 Å². The molecule has 0 aliphatic carbocycles. The highest BCUT2D eigenvalue weighted by Gasteiger charge is 2.24. The van der Waals surface area contributed by atoms with Crippen LogP contribution in [-0.2, 0) is 6.42 Å². The maximum atomic E-state index is 9.25. The molecule has 1 aliphatic heterocycles. The Hall–Kier alpha value is -0.930. The maximum absolute atomic E-state index is 9.25. The Kier molecular flexibility index (Phi) is 4.51. The summed E-state index contributed by atoms with van der Waals surface area (Å²) < 4.78 is 0. The van der Waals surface area contributed by atoms with Crippen LogP contribution in [-0.4, -0.2) is 40.7 Å². The zero-order valence-electron chi connectivity index (χ0n) is 10.5. The second-order valence-corrected chi connectivity index (χ2v) is 5.08. The summed E-state index contributed by atoms with van der Waals surface area (Å²) in [5, 5.41) is 9.25. The fraction of sp³-hybridized carbons (Fsp3) is 0.643. The molecule has 0 amide bonds. The van der Waals surface area contributed by atoms with Crippen LogP contribution in [0.3, 0.4) is 0 Å². The van der Waals surface area contributed by atoms with Crippen molar-refractivity contribution in [3.8, 4) is 0 Å². The first-order valence-electron chi connectivity index (χ1n) is 6.53. The van der Waals surface area contributed by atoms with E-state index in [4.69, 9.17) is 0 Å². The van der Waals surface area contributed by atoms with Gasteiger partial charge < -0.3 is 5.11 Å². The standard InChI is InChI=1S/C14H22N2O/c1-12-2-3-14(11-17)10-16(12)9-6-13-4-7-15-8-5-13/h4-5,7-8,12,14,17H,2-3,6,9-11H2,1H3. The van der Waals surface area contributed by atoms with Gasteiger partial charge in [-0.3, -0.25) is 9.88 Å². The maximum Gasteiger partial charge on any atom is 0.0471 e. The van der Waals surface area contributed by atoms with E-state index in [0.29, 0.717) is 18.6 Å². The van der Waals surface area contributed by atoms with Crippen LogP contribution in [0.25, 0.3) is 0 Å². The lowest BCUT2D eigenvalue weighted by atomic mass is 9.94. The Balaban J connectivity index is 1.85. The van der Waals surface area contributed by atoms with Crippen molar-refractivity contribution < 1.29 is 5.11 Å². The van der Waals surface area contributed by atoms with Gasteiger partial charge in [0.2, 0.25) is 0 Å². The molecule has 1 fully saturated rings. The number of aliphatic hydroxyl groups excluding tert-OH is 1. The third-order valence-electron chi connectivity index (χ3n) is 3.80. The Morgan fingerprint density at radius 1 is 1.35 bits per heavy atom. The molecule has 3 heteroatoms. The molecule has 1 N–H and O–H groups in total. The first-order valence-corrected chi connectivity index (χ1v) is 6.53. The van der Waals surface area contributed by atoms with E-state index in [2.05, 4.69) is 28.9 Å². The van der Waals surface area contributed by atoms with Crippen molar-refractivity contribution in [2.45, 2.75) is 32.2 Å². The first-order chi connectivity index (χ1) is 8.29. The number of aromatic nitrogens is 1. The van der Waals surface area contributed by atoms with Gasteiger partial charge in [-0.1, -0.05) is 0 Å². The third kappa shape index (κ3) is 3.51. The smallest absolute Gasteiger partial charge is 0.0471 e. The van der Waals surface area contributed by atoms with E-state index in [1.165, 1.54) is 18.4 Å². The van der Waals surface area contributed by atoms with Gasteiger partial charge in [0, 0.05) is 38.1 Å². The zero-order valence-corrected chi connectivity index (χ0v) is 10.5. The number of rotatable bonds is 4. The molecule has 1 aromatic heterocycles. The van der Waals surface area contributed by atoms with Gasteiger partial charge in [0.25, 0.3) is 0 Å². The number of aliphatic hydroxyl groups is 1. The highest BCUT2D eigenvalue weighted by Crippen LogP contribution is 2.21. The Morgan fingerprint density at radius 2 is 2.12 bits per heavy atom. The summed E-state index contributed by atoms with van der Waals surface area (Å²) in [6, 6.07) is 4.82. The number of hydrogen-bond acceptors (Lipinski definition) is 3. The number of likely N-dealkylation sites (tertiary alicyclic amines) is 1. The van der Waals surface area contributed by atoms with Crippen LogP contribution in [0, 0.1) is 5.92 Å². The van der Waals surface area contributed by atoms with Gasteiger partial charge in [-0.2, -0.15) is 0 Å². The van der Waals surface area contributed by atoms with Crippen molar-refractivity contribution in [3.63, 3.8) is 0 Å². The molecule has 1 saturated heterocycles. The lowest BCUT2D eigenvalue weighted by Crippen LogP contribution is -2.43. The van der Waals surface area contributed by atoms with Crippen LogP contribution in [0.2, 0.25) is 0 Å². The molecular weight excluding hydrogens is 212 g/mol. The van der Waals surface area contributed by atoms with E-state index in [-0.39, 0.29) is 0 Å². The number of pyridine rings is 1. The van der Waals surface area contributed by atoms with Crippen molar-refractivity contribution >= 4 is 0 Å². The summed E-state index contributed by atoms with van der Waals surface area (Å²) in [6.07, 6.45) is 7.16. The highest BCUT2D eigenvalue weighted by atomic mass is 16.3. The molecule has 1 aromatic rings. The summed E-state index contributed by atoms with van der Waals surface area (Å²) in [5.41, 5.74) is 1.35. The first kappa shape index (κ1) is 12.5. The largest absolute Gasteiger partial charge is 0.396 e. The van der Waals surface area contributed by atoms with Gasteiger partial charge in [0.15, 0.2) is 0 Å². The minimum atomic E-state index is 0.332. The normalized spacial score (nSPS) is 26.0. The second-order valence-electron chi connectivity index (χ2n) is 5.08. The number of piperidine rings is 1. The van der Waals surface area contributed by atoms with Gasteiger partial charge in [-0.25, -0.2) is 0 Å². The average Bonchev–Trinajstić information content (AvgIpc) is 2.39. The van der Waals surface area contributed by atoms with Crippen LogP contribution in [0.4, 0.5) is 0 Å². The Labute approximate surface area is 103 Å². The summed E-state index contributed by atoms with van der Waals surface area (Å²) in [4.78, 5) is 6.54. The van der Waals surface area contributed by atoms with Crippen LogP contribution in [0.5, 0.6) is 0 Å². The SMILES string of the molecule is CC1CCC(CO)CN1CCc1ccncc1. The fourth-order valence-electron chi connectivity index (χ4n) is 2.55. The van der Waals surface area contributed by atoms with E-state index in [1.54, 1.807) is 0 Å². The van der Waals surface area contributed by atoms with E-state index >= 15 is 0 Å². The predicted molar refractivity (Wildman–Crippen MR) is 68.8 cm³/mol. The molecule has 2 atom stereocenters. The Morgan fingerprint density at radius 3 is 2.82 bits per heavy atom. The molecule has 0 saturated carbocycles. The monoisotopic (exact) mass is 234 g/mol. The van der Waals surface area contributed by atoms with Crippen molar-refractivity contribution in [3.05, 3.63) is 30.1 Å². The quantitative estimate of drug-likeness (QED) is 0.861. The lowest BCUT2D eigenvalue weighted by molar-refractivity contribution is 0.0838. The molecule has 0 spiro atoms. The fourth-order valence-corrected chi connectivity index (χ4v) is 2.55. The van der Waals surface area contributed by atoms with Crippen LogP contribution >= 0.6 is 0 Å². The molecule has 3 nitrogen and oxygen atoms in total. The number of hydrogen-bond donors (Lipinski definition) is 1. The molecule has 17 heavy (non-hydrogen) atoms. The average molecular weight is 234 g/mol. The Bertz CT molecular complexity index is 328. The molecule has 1 aliphatic rings. The summed E-state index contributed by atoms with van der Waals surface area (Å²) in [5.74, 6) is 0.476. The molecule has 2 unspecified atom stereocenters. The van der Waals surface area contributed by atoms with E-state index in [1.807, 2.05) is 12.4 Å². The summed E-state index contributed by atoms with van der Waals surface area (Å²) >= 11 is 0. The molecule has 2 rings (SSSR count). The van der Waals surface area contributed by atoms with Gasteiger partial charge >= 0.3 is 0 Å². The van der Waals surface area contributed by atoms with Crippen LogP contribution < -0.4 is 0 Å². The second kappa shape index (κ2) is 6.12. The van der Waals surface area contributed by atoms with E-state index in [9.17, 15) is 5.11 Å². The summed E-state index contributed by atoms with van der Waals surface area (Å²) in [6.45, 7) is 4.75. The van der Waals surface area contributed by atoms with Crippen molar-refractivity contribution in [1.29, 1.82) is 0 Å². The zero-order chi connectivity index (χ0) is 12.1. The van der Waals surface area contributed by atoms with Gasteiger partial charge in [-0.15, -0.1) is 0 Å². The van der Waals surface area contributed by atoms with Crippen LogP contribution in [0.1, 0.15) is 25.3 Å². The minimum absolute atomic E-state index is 0.332. The van der Waals surface area contributed by atoms with E-state index in [0.717, 1.165) is 19.5 Å². The van der Waals surface area contributed by atoms with Crippen molar-refractivity contribution in [1.82, 2.24) is 9.88 Å². The predicted octanol–water partition coefficient (Wildman–Crippen LogP) is 1.72. The van der Waals surface area contributed by atoms with Gasteiger partial charge in [0.05, 0.1) is 0 Å². The van der Waals surface area contributed by atoms with Crippen LogP contribution in [0.15, 0.2) is 24.5 Å². The molecule has 0 radical (unpaired) electrons. The highest BCUT2D eigenvalue weighted by molar-refractivity contribution is 5.10. The molecular formula is C14H22N2O. The molecule has 0 bridgehead atoms.